The lowest BCUT2D eigenvalue weighted by atomic mass is 10.2. The van der Waals surface area contributed by atoms with Gasteiger partial charge in [0.25, 0.3) is 5.95 Å². The highest BCUT2D eigenvalue weighted by molar-refractivity contribution is 5.81. The quantitative estimate of drug-likeness (QED) is 0.838. The van der Waals surface area contributed by atoms with Crippen LogP contribution in [0.25, 0.3) is 0 Å². The van der Waals surface area contributed by atoms with E-state index in [2.05, 4.69) is 25.3 Å². The van der Waals surface area contributed by atoms with Gasteiger partial charge in [0.1, 0.15) is 0 Å². The largest absolute Gasteiger partial charge is 0.346 e. The highest BCUT2D eigenvalue weighted by atomic mass is 16.5. The van der Waals surface area contributed by atoms with Gasteiger partial charge in [-0.2, -0.15) is 4.98 Å². The van der Waals surface area contributed by atoms with Crippen molar-refractivity contribution in [3.63, 3.8) is 0 Å². The maximum Gasteiger partial charge on any atom is 0.265 e. The second-order valence-electron chi connectivity index (χ2n) is 6.05. The fraction of sp³-hybridized carbons (Fsp3) is 0.500. The highest BCUT2D eigenvalue weighted by Gasteiger charge is 2.30. The molecular weight excluding hydrogens is 308 g/mol. The molecule has 0 bridgehead atoms. The van der Waals surface area contributed by atoms with Crippen LogP contribution in [-0.2, 0) is 17.9 Å². The lowest BCUT2D eigenvalue weighted by Crippen LogP contribution is -2.42. The van der Waals surface area contributed by atoms with Gasteiger partial charge in [-0.25, -0.2) is 0 Å². The third-order valence-corrected chi connectivity index (χ3v) is 4.03. The maximum absolute atomic E-state index is 12.5. The molecule has 8 nitrogen and oxygen atoms in total. The number of rotatable bonds is 6. The Morgan fingerprint density at radius 2 is 2.33 bits per heavy atom. The van der Waals surface area contributed by atoms with Gasteiger partial charge in [-0.05, 0) is 36.7 Å². The number of carbonyl (C=O) groups is 1. The zero-order valence-corrected chi connectivity index (χ0v) is 14.0. The molecule has 0 radical (unpaired) electrons. The van der Waals surface area contributed by atoms with Crippen LogP contribution in [0.1, 0.15) is 24.4 Å². The van der Waals surface area contributed by atoms with E-state index in [-0.39, 0.29) is 18.5 Å². The van der Waals surface area contributed by atoms with Crippen molar-refractivity contribution in [1.29, 1.82) is 0 Å². The average Bonchev–Trinajstić information content (AvgIpc) is 3.23. The number of nitrogens with one attached hydrogen (secondary N) is 1. The van der Waals surface area contributed by atoms with E-state index < -0.39 is 0 Å². The van der Waals surface area contributed by atoms with Gasteiger partial charge in [0.15, 0.2) is 0 Å². The van der Waals surface area contributed by atoms with Gasteiger partial charge in [0.2, 0.25) is 11.8 Å². The number of anilines is 1. The number of hydrogen-bond donors (Lipinski definition) is 1. The first kappa shape index (κ1) is 16.4. The smallest absolute Gasteiger partial charge is 0.265 e. The van der Waals surface area contributed by atoms with Gasteiger partial charge in [-0.15, -0.1) is 0 Å². The Labute approximate surface area is 140 Å². The van der Waals surface area contributed by atoms with E-state index in [1.54, 1.807) is 11.1 Å². The summed E-state index contributed by atoms with van der Waals surface area (Å²) in [5, 5.41) is 6.72. The van der Waals surface area contributed by atoms with Crippen LogP contribution in [0.5, 0.6) is 0 Å². The Balaban J connectivity index is 1.55. The Kier molecular flexibility index (Phi) is 5.05. The molecule has 1 amide bonds. The minimum Gasteiger partial charge on any atom is -0.346 e. The van der Waals surface area contributed by atoms with Crippen molar-refractivity contribution < 1.29 is 9.32 Å². The molecule has 1 fully saturated rings. The molecule has 1 unspecified atom stereocenters. The Hall–Kier alpha value is -2.48. The van der Waals surface area contributed by atoms with Crippen molar-refractivity contribution in [2.24, 2.45) is 0 Å². The van der Waals surface area contributed by atoms with Crippen LogP contribution in [0.3, 0.4) is 0 Å². The normalized spacial score (nSPS) is 17.8. The second-order valence-corrected chi connectivity index (χ2v) is 6.05. The topological polar surface area (TPSA) is 87.4 Å². The van der Waals surface area contributed by atoms with E-state index in [0.29, 0.717) is 18.4 Å². The van der Waals surface area contributed by atoms with Crippen LogP contribution in [0.4, 0.5) is 5.95 Å². The maximum atomic E-state index is 12.5. The monoisotopic (exact) mass is 330 g/mol. The minimum absolute atomic E-state index is 0.00645. The molecule has 1 atom stereocenters. The average molecular weight is 330 g/mol. The molecule has 2 aromatic rings. The predicted octanol–water partition coefficient (Wildman–Crippen LogP) is 0.811. The van der Waals surface area contributed by atoms with E-state index in [1.165, 1.54) is 0 Å². The van der Waals surface area contributed by atoms with Gasteiger partial charge in [0, 0.05) is 26.8 Å². The molecule has 2 aromatic heterocycles. The van der Waals surface area contributed by atoms with Crippen molar-refractivity contribution in [3.8, 4) is 0 Å². The van der Waals surface area contributed by atoms with Crippen molar-refractivity contribution >= 4 is 11.9 Å². The molecule has 128 valence electrons. The number of amides is 1. The summed E-state index contributed by atoms with van der Waals surface area (Å²) in [6.07, 6.45) is 3.64. The van der Waals surface area contributed by atoms with Gasteiger partial charge in [0.05, 0.1) is 18.3 Å². The predicted molar refractivity (Wildman–Crippen MR) is 88.1 cm³/mol. The first-order chi connectivity index (χ1) is 11.6. The molecule has 3 heterocycles. The van der Waals surface area contributed by atoms with Gasteiger partial charge in [-0.3, -0.25) is 14.7 Å². The fourth-order valence-electron chi connectivity index (χ4n) is 2.79. The molecule has 24 heavy (non-hydrogen) atoms. The summed E-state index contributed by atoms with van der Waals surface area (Å²) in [5.41, 5.74) is 0.977. The summed E-state index contributed by atoms with van der Waals surface area (Å²) in [5.74, 6) is 0.895. The Bertz CT molecular complexity index is 672. The molecule has 1 saturated heterocycles. The van der Waals surface area contributed by atoms with Crippen molar-refractivity contribution in [2.45, 2.75) is 32.0 Å². The van der Waals surface area contributed by atoms with Crippen LogP contribution < -0.4 is 10.2 Å². The summed E-state index contributed by atoms with van der Waals surface area (Å²) in [6, 6.07) is 5.70. The molecule has 3 rings (SSSR count). The highest BCUT2D eigenvalue weighted by Crippen LogP contribution is 2.19. The third kappa shape index (κ3) is 3.88. The summed E-state index contributed by atoms with van der Waals surface area (Å²) in [6.45, 7) is 1.83. The fourth-order valence-corrected chi connectivity index (χ4v) is 2.79. The SMILES string of the molecule is CN(C)c1noc(CNC(=O)C2CCCN2Cc2ccccn2)n1. The molecule has 8 heteroatoms. The zero-order chi connectivity index (χ0) is 16.9. The number of likely N-dealkylation sites (tertiary alicyclic amines) is 1. The number of nitrogens with zero attached hydrogens (tertiary/aromatic N) is 5. The van der Waals surface area contributed by atoms with Crippen LogP contribution in [-0.4, -0.2) is 52.6 Å². The molecular formula is C16H22N6O2. The van der Waals surface area contributed by atoms with E-state index in [0.717, 1.165) is 25.1 Å². The summed E-state index contributed by atoms with van der Waals surface area (Å²) in [4.78, 5) is 24.9. The van der Waals surface area contributed by atoms with Crippen LogP contribution in [0, 0.1) is 0 Å². The minimum atomic E-state index is -0.136. The van der Waals surface area contributed by atoms with Crippen molar-refractivity contribution in [3.05, 3.63) is 36.0 Å². The summed E-state index contributed by atoms with van der Waals surface area (Å²) in [7, 11) is 3.67. The van der Waals surface area contributed by atoms with Crippen molar-refractivity contribution in [2.75, 3.05) is 25.5 Å². The first-order valence-electron chi connectivity index (χ1n) is 8.05. The summed E-state index contributed by atoms with van der Waals surface area (Å²) < 4.78 is 5.12. The molecule has 1 N–H and O–H groups in total. The van der Waals surface area contributed by atoms with E-state index >= 15 is 0 Å². The standard InChI is InChI=1S/C16H22N6O2/c1-21(2)16-19-14(24-20-16)10-18-15(23)13-7-5-9-22(13)11-12-6-3-4-8-17-12/h3-4,6,8,13H,5,7,9-11H2,1-2H3,(H,18,23). The summed E-state index contributed by atoms with van der Waals surface area (Å²) >= 11 is 0. The van der Waals surface area contributed by atoms with Gasteiger partial charge < -0.3 is 14.7 Å². The van der Waals surface area contributed by atoms with E-state index in [1.807, 2.05) is 32.3 Å². The molecule has 0 aliphatic carbocycles. The number of hydrogen-bond acceptors (Lipinski definition) is 7. The third-order valence-electron chi connectivity index (χ3n) is 4.03. The van der Waals surface area contributed by atoms with Gasteiger partial charge in [-0.1, -0.05) is 6.07 Å². The van der Waals surface area contributed by atoms with Gasteiger partial charge >= 0.3 is 0 Å². The van der Waals surface area contributed by atoms with Crippen molar-refractivity contribution in [1.82, 2.24) is 25.3 Å². The number of pyridine rings is 1. The second kappa shape index (κ2) is 7.39. The number of carbonyl (C=O) groups excluding carboxylic acids is 1. The Morgan fingerprint density at radius 3 is 3.04 bits per heavy atom. The lowest BCUT2D eigenvalue weighted by molar-refractivity contribution is -0.125. The van der Waals surface area contributed by atoms with Crippen LogP contribution >= 0.6 is 0 Å². The zero-order valence-electron chi connectivity index (χ0n) is 14.0. The van der Waals surface area contributed by atoms with E-state index in [9.17, 15) is 4.79 Å². The molecule has 0 saturated carbocycles. The Morgan fingerprint density at radius 1 is 1.46 bits per heavy atom. The van der Waals surface area contributed by atoms with E-state index in [4.69, 9.17) is 4.52 Å². The van der Waals surface area contributed by atoms with Crippen LogP contribution in [0.15, 0.2) is 28.9 Å². The molecule has 1 aliphatic rings. The first-order valence-corrected chi connectivity index (χ1v) is 8.05. The number of aromatic nitrogens is 3. The molecule has 1 aliphatic heterocycles. The molecule has 0 aromatic carbocycles. The lowest BCUT2D eigenvalue weighted by Gasteiger charge is -2.22. The molecule has 0 spiro atoms. The van der Waals surface area contributed by atoms with Crippen LogP contribution in [0.2, 0.25) is 0 Å².